The summed E-state index contributed by atoms with van der Waals surface area (Å²) in [6.07, 6.45) is -12.8. The number of carbonyl (C=O) groups is 3. The van der Waals surface area contributed by atoms with Crippen LogP contribution in [0.1, 0.15) is 44.1 Å². The van der Waals surface area contributed by atoms with Crippen LogP contribution in [0.25, 0.3) is 0 Å². The molecule has 240 valence electrons. The number of aryl methyl sites for hydroxylation is 1. The van der Waals surface area contributed by atoms with Crippen LogP contribution in [0.15, 0.2) is 42.5 Å². The zero-order valence-electron chi connectivity index (χ0n) is 22.4. The van der Waals surface area contributed by atoms with Crippen molar-refractivity contribution in [1.29, 1.82) is 0 Å². The molecule has 0 heterocycles. The van der Waals surface area contributed by atoms with Crippen molar-refractivity contribution in [2.45, 2.75) is 42.4 Å². The van der Waals surface area contributed by atoms with Crippen LogP contribution in [0.3, 0.4) is 0 Å². The Morgan fingerprint density at radius 2 is 1.51 bits per heavy atom. The van der Waals surface area contributed by atoms with E-state index in [9.17, 15) is 53.9 Å². The molecular formula is C29H17Cl3F9NO3. The monoisotopic (exact) mass is 703 g/mol. The summed E-state index contributed by atoms with van der Waals surface area (Å²) < 4.78 is 118. The number of carbonyl (C=O) groups excluding carboxylic acids is 3. The predicted octanol–water partition coefficient (Wildman–Crippen LogP) is 8.71. The Hall–Kier alpha value is -3.29. The maximum atomic E-state index is 14.9. The first-order valence-corrected chi connectivity index (χ1v) is 13.7. The fraction of sp³-hybridized carbons (Fsp3) is 0.276. The van der Waals surface area contributed by atoms with Crippen LogP contribution in [0.5, 0.6) is 0 Å². The van der Waals surface area contributed by atoms with E-state index in [-0.39, 0.29) is 27.4 Å². The van der Waals surface area contributed by atoms with Crippen molar-refractivity contribution in [3.63, 3.8) is 0 Å². The maximum Gasteiger partial charge on any atom is 0.450 e. The van der Waals surface area contributed by atoms with Gasteiger partial charge in [-0.25, -0.2) is 13.2 Å². The van der Waals surface area contributed by atoms with E-state index in [4.69, 9.17) is 34.8 Å². The Morgan fingerprint density at radius 1 is 0.889 bits per heavy atom. The molecule has 1 aliphatic carbocycles. The van der Waals surface area contributed by atoms with Gasteiger partial charge in [-0.05, 0) is 53.9 Å². The number of benzene rings is 3. The van der Waals surface area contributed by atoms with Crippen molar-refractivity contribution in [2.24, 2.45) is 5.92 Å². The van der Waals surface area contributed by atoms with Crippen molar-refractivity contribution >= 4 is 58.0 Å². The highest BCUT2D eigenvalue weighted by atomic mass is 35.5. The molecule has 1 fully saturated rings. The molecule has 3 aromatic carbocycles. The molecule has 1 N–H and O–H groups in total. The molecule has 1 amide bonds. The van der Waals surface area contributed by atoms with Gasteiger partial charge in [0.2, 0.25) is 11.7 Å². The van der Waals surface area contributed by atoms with E-state index in [1.54, 1.807) is 0 Å². The zero-order valence-corrected chi connectivity index (χ0v) is 24.6. The summed E-state index contributed by atoms with van der Waals surface area (Å²) >= 11 is 18.7. The fourth-order valence-electron chi connectivity index (χ4n) is 4.76. The number of Topliss-reactive ketones (excluding diaryl/α,β-unsaturated/α-hetero) is 2. The average Bonchev–Trinajstić information content (AvgIpc) is 3.50. The number of rotatable bonds is 8. The van der Waals surface area contributed by atoms with Crippen molar-refractivity contribution in [1.82, 2.24) is 0 Å². The summed E-state index contributed by atoms with van der Waals surface area (Å²) in [4.78, 5) is 37.5. The van der Waals surface area contributed by atoms with Gasteiger partial charge in [0.25, 0.3) is 0 Å². The number of nitrogens with one attached hydrogen (secondary N) is 1. The molecule has 0 saturated heterocycles. The van der Waals surface area contributed by atoms with Crippen LogP contribution in [-0.4, -0.2) is 28.0 Å². The van der Waals surface area contributed by atoms with Crippen molar-refractivity contribution in [2.75, 3.05) is 5.32 Å². The SMILES string of the molecule is Cc1cc(NC(=O)[C@H]2[C@H](c3ccc(F)c(C(F)(F)F)c3)C2(Cl)Cl)cc(C(=O)Cc2ccc(F)c(CC(=O)C(F)(F)F)c2F)c1Cl. The van der Waals surface area contributed by atoms with Gasteiger partial charge in [-0.3, -0.25) is 14.4 Å². The quantitative estimate of drug-likeness (QED) is 0.145. The molecule has 0 unspecified atom stereocenters. The lowest BCUT2D eigenvalue weighted by Gasteiger charge is -2.13. The van der Waals surface area contributed by atoms with E-state index in [2.05, 4.69) is 5.32 Å². The molecular weight excluding hydrogens is 688 g/mol. The third kappa shape index (κ3) is 7.10. The summed E-state index contributed by atoms with van der Waals surface area (Å²) in [5, 5.41) is 2.28. The van der Waals surface area contributed by atoms with E-state index in [1.807, 2.05) is 0 Å². The third-order valence-electron chi connectivity index (χ3n) is 7.08. The smallest absolute Gasteiger partial charge is 0.326 e. The second-order valence-electron chi connectivity index (χ2n) is 10.2. The van der Waals surface area contributed by atoms with Gasteiger partial charge in [-0.2, -0.15) is 26.3 Å². The highest BCUT2D eigenvalue weighted by Gasteiger charge is 2.67. The molecule has 4 nitrogen and oxygen atoms in total. The molecule has 3 aromatic rings. The Bertz CT molecular complexity index is 1720. The van der Waals surface area contributed by atoms with Crippen LogP contribution < -0.4 is 5.32 Å². The topological polar surface area (TPSA) is 63.2 Å². The number of hydrogen-bond acceptors (Lipinski definition) is 3. The molecule has 0 aromatic heterocycles. The van der Waals surface area contributed by atoms with Gasteiger partial charge >= 0.3 is 12.4 Å². The molecule has 0 radical (unpaired) electrons. The second kappa shape index (κ2) is 12.1. The van der Waals surface area contributed by atoms with E-state index < -0.39 is 93.0 Å². The van der Waals surface area contributed by atoms with Crippen molar-refractivity contribution in [3.05, 3.63) is 98.3 Å². The maximum absolute atomic E-state index is 14.9. The molecule has 0 spiro atoms. The average molecular weight is 705 g/mol. The van der Waals surface area contributed by atoms with Gasteiger partial charge in [-0.15, -0.1) is 23.2 Å². The Kier molecular flexibility index (Phi) is 9.33. The number of amides is 1. The van der Waals surface area contributed by atoms with E-state index in [1.165, 1.54) is 13.0 Å². The summed E-state index contributed by atoms with van der Waals surface area (Å²) in [5.74, 6) is -11.2. The summed E-state index contributed by atoms with van der Waals surface area (Å²) in [5.41, 5.74) is -3.59. The van der Waals surface area contributed by atoms with Gasteiger partial charge in [-0.1, -0.05) is 23.7 Å². The number of alkyl halides is 8. The molecule has 45 heavy (non-hydrogen) atoms. The minimum atomic E-state index is -5.35. The lowest BCUT2D eigenvalue weighted by atomic mass is 9.97. The van der Waals surface area contributed by atoms with Gasteiger partial charge < -0.3 is 5.32 Å². The summed E-state index contributed by atoms with van der Waals surface area (Å²) in [7, 11) is 0. The van der Waals surface area contributed by atoms with E-state index in [0.717, 1.165) is 18.2 Å². The van der Waals surface area contributed by atoms with Crippen LogP contribution in [0.4, 0.5) is 45.2 Å². The summed E-state index contributed by atoms with van der Waals surface area (Å²) in [6.45, 7) is 1.43. The van der Waals surface area contributed by atoms with Gasteiger partial charge in [0.15, 0.2) is 5.78 Å². The van der Waals surface area contributed by atoms with Crippen LogP contribution in [0.2, 0.25) is 5.02 Å². The number of anilines is 1. The van der Waals surface area contributed by atoms with E-state index >= 15 is 0 Å². The molecule has 1 aliphatic rings. The molecule has 2 atom stereocenters. The van der Waals surface area contributed by atoms with Crippen LogP contribution in [-0.2, 0) is 28.6 Å². The number of ketones is 2. The normalized spacial score (nSPS) is 17.6. The van der Waals surface area contributed by atoms with Gasteiger partial charge in [0.1, 0.15) is 21.8 Å². The highest BCUT2D eigenvalue weighted by Crippen LogP contribution is 2.65. The second-order valence-corrected chi connectivity index (χ2v) is 12.0. The Morgan fingerprint density at radius 3 is 2.11 bits per heavy atom. The van der Waals surface area contributed by atoms with Gasteiger partial charge in [0.05, 0.1) is 16.5 Å². The van der Waals surface area contributed by atoms with Crippen LogP contribution in [0, 0.1) is 30.3 Å². The first-order valence-electron chi connectivity index (χ1n) is 12.6. The molecule has 0 aliphatic heterocycles. The number of hydrogen-bond donors (Lipinski definition) is 1. The fourth-order valence-corrected chi connectivity index (χ4v) is 5.80. The van der Waals surface area contributed by atoms with Crippen molar-refractivity contribution in [3.8, 4) is 0 Å². The van der Waals surface area contributed by atoms with Crippen molar-refractivity contribution < 1.29 is 53.9 Å². The minimum absolute atomic E-state index is 0.0637. The van der Waals surface area contributed by atoms with E-state index in [0.29, 0.717) is 18.2 Å². The lowest BCUT2D eigenvalue weighted by molar-refractivity contribution is -0.170. The highest BCUT2D eigenvalue weighted by molar-refractivity contribution is 6.53. The minimum Gasteiger partial charge on any atom is -0.326 e. The predicted molar refractivity (Wildman–Crippen MR) is 146 cm³/mol. The molecule has 16 heteroatoms. The number of halogens is 12. The third-order valence-corrected chi connectivity index (χ3v) is 8.53. The lowest BCUT2D eigenvalue weighted by Crippen LogP contribution is -2.25. The first-order chi connectivity index (χ1) is 20.6. The largest absolute Gasteiger partial charge is 0.450 e. The molecule has 0 bridgehead atoms. The molecule has 4 rings (SSSR count). The van der Waals surface area contributed by atoms with Crippen LogP contribution >= 0.6 is 34.8 Å². The standard InChI is InChI=1S/C29H17Cl3F9NO3/c1-11-6-14(42-26(45)23-22(27(23,31)32)12-2-5-19(34)17(7-12)28(36,37)38)9-16(24(11)30)20(43)8-13-3-4-18(33)15(25(13)35)10-21(44)29(39,40)41/h2-7,9,22-23H,8,10H2,1H3,(H,42,45)/t22-,23+/m0/s1. The van der Waals surface area contributed by atoms with Gasteiger partial charge in [0, 0.05) is 35.6 Å². The summed E-state index contributed by atoms with van der Waals surface area (Å²) in [6, 6.07) is 5.87. The zero-order chi connectivity index (χ0) is 33.8. The Labute approximate surface area is 263 Å². The first kappa shape index (κ1) is 34.6. The Balaban J connectivity index is 1.57. The molecule has 1 saturated carbocycles.